The van der Waals surface area contributed by atoms with Crippen LogP contribution < -0.4 is 0 Å². The topological polar surface area (TPSA) is 56.5 Å². The molecule has 2 aromatic heterocycles. The Morgan fingerprint density at radius 2 is 2.28 bits per heavy atom. The fourth-order valence-corrected chi connectivity index (χ4v) is 2.43. The van der Waals surface area contributed by atoms with E-state index in [1.165, 1.54) is 7.11 Å². The molecule has 94 valence electrons. The Morgan fingerprint density at radius 1 is 1.50 bits per heavy atom. The zero-order valence-electron chi connectivity index (χ0n) is 10.5. The van der Waals surface area contributed by atoms with Crippen LogP contribution in [0.4, 0.5) is 0 Å². The first-order chi connectivity index (χ1) is 8.65. The number of carbonyl (C=O) groups excluding carboxylic acids is 1. The highest BCUT2D eigenvalue weighted by Crippen LogP contribution is 2.43. The number of methoxy groups -OCH3 is 1. The number of rotatable bonds is 2. The number of hydrogen-bond donors (Lipinski definition) is 0. The van der Waals surface area contributed by atoms with E-state index < -0.39 is 5.41 Å². The van der Waals surface area contributed by atoms with Crippen molar-refractivity contribution >= 4 is 11.6 Å². The van der Waals surface area contributed by atoms with Crippen LogP contribution in [0.1, 0.15) is 30.7 Å². The van der Waals surface area contributed by atoms with Gasteiger partial charge in [0.2, 0.25) is 0 Å². The number of esters is 1. The Hall–Kier alpha value is -1.91. The van der Waals surface area contributed by atoms with Crippen molar-refractivity contribution in [1.82, 2.24) is 14.6 Å². The predicted molar refractivity (Wildman–Crippen MR) is 65.3 cm³/mol. The number of aromatic nitrogens is 3. The summed E-state index contributed by atoms with van der Waals surface area (Å²) in [5, 5.41) is 4.42. The van der Waals surface area contributed by atoms with Gasteiger partial charge in [0.25, 0.3) is 0 Å². The lowest BCUT2D eigenvalue weighted by Crippen LogP contribution is -2.44. The maximum absolute atomic E-state index is 11.9. The first kappa shape index (κ1) is 11.2. The van der Waals surface area contributed by atoms with Crippen LogP contribution in [0.15, 0.2) is 18.3 Å². The second kappa shape index (κ2) is 3.80. The van der Waals surface area contributed by atoms with Gasteiger partial charge in [-0.2, -0.15) is 5.10 Å². The van der Waals surface area contributed by atoms with Gasteiger partial charge in [-0.05, 0) is 37.5 Å². The van der Waals surface area contributed by atoms with Gasteiger partial charge < -0.3 is 4.74 Å². The summed E-state index contributed by atoms with van der Waals surface area (Å²) < 4.78 is 6.62. The van der Waals surface area contributed by atoms with Crippen LogP contribution in [0.2, 0.25) is 0 Å². The number of aryl methyl sites for hydroxylation is 1. The van der Waals surface area contributed by atoms with Gasteiger partial charge in [0.15, 0.2) is 11.5 Å². The summed E-state index contributed by atoms with van der Waals surface area (Å²) in [7, 11) is 1.42. The molecule has 0 bridgehead atoms. The Kier molecular flexibility index (Phi) is 2.36. The normalized spacial score (nSPS) is 17.4. The highest BCUT2D eigenvalue weighted by molar-refractivity contribution is 5.83. The minimum atomic E-state index is -0.616. The zero-order valence-corrected chi connectivity index (χ0v) is 10.5. The summed E-state index contributed by atoms with van der Waals surface area (Å²) in [6, 6.07) is 3.93. The molecular formula is C13H15N3O2. The Morgan fingerprint density at radius 3 is 2.89 bits per heavy atom. The lowest BCUT2D eigenvalue weighted by Gasteiger charge is -2.35. The van der Waals surface area contributed by atoms with Crippen molar-refractivity contribution in [2.75, 3.05) is 7.11 Å². The minimum absolute atomic E-state index is 0.221. The Balaban J connectivity index is 2.10. The van der Waals surface area contributed by atoms with E-state index in [4.69, 9.17) is 4.74 Å². The van der Waals surface area contributed by atoms with Crippen molar-refractivity contribution in [1.29, 1.82) is 0 Å². The van der Waals surface area contributed by atoms with Crippen molar-refractivity contribution in [3.8, 4) is 0 Å². The first-order valence-electron chi connectivity index (χ1n) is 6.08. The SMILES string of the molecule is COC(=O)C1(c2nc3cc(C)ccn3n2)CCC1. The summed E-state index contributed by atoms with van der Waals surface area (Å²) in [6.07, 6.45) is 4.43. The van der Waals surface area contributed by atoms with Gasteiger partial charge in [-0.15, -0.1) is 0 Å². The van der Waals surface area contributed by atoms with E-state index in [2.05, 4.69) is 10.1 Å². The second-order valence-electron chi connectivity index (χ2n) is 4.87. The molecule has 0 atom stereocenters. The third-order valence-corrected chi connectivity index (χ3v) is 3.70. The molecule has 1 fully saturated rings. The van der Waals surface area contributed by atoms with E-state index in [9.17, 15) is 4.79 Å². The number of ether oxygens (including phenoxy) is 1. The van der Waals surface area contributed by atoms with E-state index >= 15 is 0 Å². The fourth-order valence-electron chi connectivity index (χ4n) is 2.43. The summed E-state index contributed by atoms with van der Waals surface area (Å²) in [6.45, 7) is 2.01. The van der Waals surface area contributed by atoms with Crippen LogP contribution in [-0.2, 0) is 14.9 Å². The first-order valence-corrected chi connectivity index (χ1v) is 6.08. The number of hydrogen-bond acceptors (Lipinski definition) is 4. The third kappa shape index (κ3) is 1.43. The van der Waals surface area contributed by atoms with E-state index in [0.29, 0.717) is 5.82 Å². The monoisotopic (exact) mass is 245 g/mol. The maximum atomic E-state index is 11.9. The molecule has 0 saturated heterocycles. The molecule has 0 aliphatic heterocycles. The highest BCUT2D eigenvalue weighted by Gasteiger charge is 2.50. The Bertz CT molecular complexity index is 614. The molecule has 0 amide bonds. The van der Waals surface area contributed by atoms with Gasteiger partial charge >= 0.3 is 5.97 Å². The molecule has 2 heterocycles. The van der Waals surface area contributed by atoms with Crippen molar-refractivity contribution in [2.24, 2.45) is 0 Å². The number of nitrogens with zero attached hydrogens (tertiary/aromatic N) is 3. The van der Waals surface area contributed by atoms with Crippen LogP contribution >= 0.6 is 0 Å². The van der Waals surface area contributed by atoms with Crippen molar-refractivity contribution in [3.63, 3.8) is 0 Å². The molecule has 5 heteroatoms. The van der Waals surface area contributed by atoms with E-state index in [-0.39, 0.29) is 5.97 Å². The molecule has 18 heavy (non-hydrogen) atoms. The van der Waals surface area contributed by atoms with Crippen molar-refractivity contribution in [2.45, 2.75) is 31.6 Å². The highest BCUT2D eigenvalue weighted by atomic mass is 16.5. The van der Waals surface area contributed by atoms with Crippen LogP contribution in [0.5, 0.6) is 0 Å². The molecule has 0 spiro atoms. The van der Waals surface area contributed by atoms with Crippen molar-refractivity contribution in [3.05, 3.63) is 29.7 Å². The average molecular weight is 245 g/mol. The minimum Gasteiger partial charge on any atom is -0.468 e. The van der Waals surface area contributed by atoms with Gasteiger partial charge in [0.05, 0.1) is 7.11 Å². The van der Waals surface area contributed by atoms with Crippen molar-refractivity contribution < 1.29 is 9.53 Å². The van der Waals surface area contributed by atoms with Gasteiger partial charge in [0.1, 0.15) is 5.41 Å². The molecule has 0 unspecified atom stereocenters. The number of carbonyl (C=O) groups is 1. The quantitative estimate of drug-likeness (QED) is 0.755. The maximum Gasteiger partial charge on any atom is 0.319 e. The summed E-state index contributed by atoms with van der Waals surface area (Å²) in [5.74, 6) is 0.368. The summed E-state index contributed by atoms with van der Waals surface area (Å²) >= 11 is 0. The van der Waals surface area contributed by atoms with E-state index in [1.54, 1.807) is 4.52 Å². The third-order valence-electron chi connectivity index (χ3n) is 3.70. The van der Waals surface area contributed by atoms with E-state index in [0.717, 1.165) is 30.5 Å². The van der Waals surface area contributed by atoms with E-state index in [1.807, 2.05) is 25.3 Å². The average Bonchev–Trinajstić information content (AvgIpc) is 2.70. The van der Waals surface area contributed by atoms with Crippen LogP contribution in [0, 0.1) is 6.92 Å². The molecule has 5 nitrogen and oxygen atoms in total. The molecular weight excluding hydrogens is 230 g/mol. The number of fused-ring (bicyclic) bond motifs is 1. The fraction of sp³-hybridized carbons (Fsp3) is 0.462. The lowest BCUT2D eigenvalue weighted by molar-refractivity contribution is -0.151. The van der Waals surface area contributed by atoms with Crippen LogP contribution in [0.3, 0.4) is 0 Å². The lowest BCUT2D eigenvalue weighted by atomic mass is 9.68. The molecule has 1 saturated carbocycles. The van der Waals surface area contributed by atoms with Crippen LogP contribution in [0.25, 0.3) is 5.65 Å². The number of pyridine rings is 1. The molecule has 1 aliphatic rings. The molecule has 0 N–H and O–H groups in total. The summed E-state index contributed by atoms with van der Waals surface area (Å²) in [5.41, 5.74) is 1.29. The summed E-state index contributed by atoms with van der Waals surface area (Å²) in [4.78, 5) is 16.4. The smallest absolute Gasteiger partial charge is 0.319 e. The molecule has 0 radical (unpaired) electrons. The standard InChI is InChI=1S/C13H15N3O2/c1-9-4-7-16-10(8-9)14-11(15-16)13(5-3-6-13)12(17)18-2/h4,7-8H,3,5-6H2,1-2H3. The van der Waals surface area contributed by atoms with Gasteiger partial charge in [-0.1, -0.05) is 6.42 Å². The van der Waals surface area contributed by atoms with Gasteiger partial charge in [-0.25, -0.2) is 9.50 Å². The molecule has 1 aliphatic carbocycles. The predicted octanol–water partition coefficient (Wildman–Crippen LogP) is 1.63. The molecule has 0 aromatic carbocycles. The molecule has 2 aromatic rings. The molecule has 3 rings (SSSR count). The van der Waals surface area contributed by atoms with Gasteiger partial charge in [-0.3, -0.25) is 4.79 Å². The largest absolute Gasteiger partial charge is 0.468 e. The zero-order chi connectivity index (χ0) is 12.8. The Labute approximate surface area is 105 Å². The van der Waals surface area contributed by atoms with Gasteiger partial charge in [0, 0.05) is 6.20 Å². The second-order valence-corrected chi connectivity index (χ2v) is 4.87. The van der Waals surface area contributed by atoms with Crippen LogP contribution in [-0.4, -0.2) is 27.7 Å².